The highest BCUT2D eigenvalue weighted by atomic mass is 16.5. The predicted molar refractivity (Wildman–Crippen MR) is 64.3 cm³/mol. The van der Waals surface area contributed by atoms with E-state index in [1.165, 1.54) is 0 Å². The molecule has 6 heteroatoms. The average Bonchev–Trinajstić information content (AvgIpc) is 2.71. The first-order valence-corrected chi connectivity index (χ1v) is 5.69. The van der Waals surface area contributed by atoms with Crippen LogP contribution in [0.25, 0.3) is 0 Å². The van der Waals surface area contributed by atoms with E-state index in [-0.39, 0.29) is 6.61 Å². The van der Waals surface area contributed by atoms with Crippen LogP contribution in [0, 0.1) is 0 Å². The van der Waals surface area contributed by atoms with Gasteiger partial charge in [0.2, 0.25) is 5.91 Å². The van der Waals surface area contributed by atoms with Gasteiger partial charge >= 0.3 is 0 Å². The van der Waals surface area contributed by atoms with Crippen LogP contribution in [-0.4, -0.2) is 35.4 Å². The van der Waals surface area contributed by atoms with Gasteiger partial charge in [0.05, 0.1) is 12.8 Å². The lowest BCUT2D eigenvalue weighted by Gasteiger charge is -2.04. The van der Waals surface area contributed by atoms with Crippen LogP contribution in [0.5, 0.6) is 0 Å². The highest BCUT2D eigenvalue weighted by molar-refractivity contribution is 5.74. The topological polar surface area (TPSA) is 82.2 Å². The van der Waals surface area contributed by atoms with Gasteiger partial charge in [0, 0.05) is 30.9 Å². The molecule has 3 N–H and O–H groups in total. The van der Waals surface area contributed by atoms with Crippen LogP contribution in [0.3, 0.4) is 0 Å². The largest absolute Gasteiger partial charge is 0.370 e. The SMILES string of the molecule is CC(C)n1cc(CNCCOCC(N)=O)cn1. The summed E-state index contributed by atoms with van der Waals surface area (Å²) in [6.07, 6.45) is 3.86. The van der Waals surface area contributed by atoms with Crippen molar-refractivity contribution in [2.24, 2.45) is 5.73 Å². The summed E-state index contributed by atoms with van der Waals surface area (Å²) in [5.41, 5.74) is 6.07. The number of hydrogen-bond acceptors (Lipinski definition) is 4. The van der Waals surface area contributed by atoms with Gasteiger partial charge in [0.1, 0.15) is 6.61 Å². The molecule has 1 heterocycles. The highest BCUT2D eigenvalue weighted by Crippen LogP contribution is 2.04. The Morgan fingerprint density at radius 3 is 3.00 bits per heavy atom. The Balaban J connectivity index is 2.11. The maximum Gasteiger partial charge on any atom is 0.243 e. The van der Waals surface area contributed by atoms with Crippen LogP contribution >= 0.6 is 0 Å². The van der Waals surface area contributed by atoms with Crippen LogP contribution in [0.1, 0.15) is 25.5 Å². The summed E-state index contributed by atoms with van der Waals surface area (Å²) in [5, 5.41) is 7.44. The average molecular weight is 240 g/mol. The second-order valence-corrected chi connectivity index (χ2v) is 4.12. The Labute approximate surface area is 101 Å². The Hall–Kier alpha value is -1.40. The minimum Gasteiger partial charge on any atom is -0.370 e. The van der Waals surface area contributed by atoms with Crippen LogP contribution in [0.15, 0.2) is 12.4 Å². The molecule has 1 rings (SSSR count). The van der Waals surface area contributed by atoms with Crippen molar-refractivity contribution in [3.8, 4) is 0 Å². The van der Waals surface area contributed by atoms with Gasteiger partial charge in [-0.2, -0.15) is 5.10 Å². The molecule has 0 aliphatic heterocycles. The van der Waals surface area contributed by atoms with E-state index in [0.717, 1.165) is 12.1 Å². The van der Waals surface area contributed by atoms with Crippen LogP contribution in [0.2, 0.25) is 0 Å². The summed E-state index contributed by atoms with van der Waals surface area (Å²) < 4.78 is 6.94. The van der Waals surface area contributed by atoms with Crippen molar-refractivity contribution in [1.82, 2.24) is 15.1 Å². The lowest BCUT2D eigenvalue weighted by atomic mass is 10.3. The fourth-order valence-electron chi connectivity index (χ4n) is 1.30. The molecule has 0 saturated heterocycles. The van der Waals surface area contributed by atoms with Gasteiger partial charge in [0.15, 0.2) is 0 Å². The maximum atomic E-state index is 10.4. The van der Waals surface area contributed by atoms with Crippen LogP contribution in [0.4, 0.5) is 0 Å². The molecule has 6 nitrogen and oxygen atoms in total. The molecular weight excluding hydrogens is 220 g/mol. The van der Waals surface area contributed by atoms with E-state index in [4.69, 9.17) is 10.5 Å². The van der Waals surface area contributed by atoms with E-state index >= 15 is 0 Å². The van der Waals surface area contributed by atoms with Crippen molar-refractivity contribution < 1.29 is 9.53 Å². The van der Waals surface area contributed by atoms with E-state index in [0.29, 0.717) is 19.2 Å². The van der Waals surface area contributed by atoms with Crippen LogP contribution < -0.4 is 11.1 Å². The molecule has 0 unspecified atom stereocenters. The number of carbonyl (C=O) groups is 1. The number of carbonyl (C=O) groups excluding carboxylic acids is 1. The second-order valence-electron chi connectivity index (χ2n) is 4.12. The molecule has 0 atom stereocenters. The van der Waals surface area contributed by atoms with Crippen molar-refractivity contribution in [2.75, 3.05) is 19.8 Å². The molecule has 1 aromatic rings. The summed E-state index contributed by atoms with van der Waals surface area (Å²) in [4.78, 5) is 10.4. The molecule has 0 aromatic carbocycles. The number of hydrogen-bond donors (Lipinski definition) is 2. The fraction of sp³-hybridized carbons (Fsp3) is 0.636. The van der Waals surface area contributed by atoms with Crippen molar-refractivity contribution in [2.45, 2.75) is 26.4 Å². The zero-order valence-electron chi connectivity index (χ0n) is 10.3. The third-order valence-electron chi connectivity index (χ3n) is 2.18. The van der Waals surface area contributed by atoms with Gasteiger partial charge in [0.25, 0.3) is 0 Å². The summed E-state index contributed by atoms with van der Waals surface area (Å²) in [5.74, 6) is -0.441. The Morgan fingerprint density at radius 1 is 1.65 bits per heavy atom. The minimum atomic E-state index is -0.441. The van der Waals surface area contributed by atoms with Gasteiger partial charge in [-0.15, -0.1) is 0 Å². The molecule has 1 aromatic heterocycles. The number of rotatable bonds is 8. The normalized spacial score (nSPS) is 11.0. The molecule has 0 fully saturated rings. The van der Waals surface area contributed by atoms with Crippen molar-refractivity contribution in [3.63, 3.8) is 0 Å². The molecule has 0 bridgehead atoms. The zero-order chi connectivity index (χ0) is 12.7. The number of ether oxygens (including phenoxy) is 1. The first-order chi connectivity index (χ1) is 8.09. The Morgan fingerprint density at radius 2 is 2.41 bits per heavy atom. The Bertz CT molecular complexity index is 349. The molecule has 0 radical (unpaired) electrons. The van der Waals surface area contributed by atoms with Gasteiger partial charge in [-0.1, -0.05) is 0 Å². The first kappa shape index (κ1) is 13.7. The van der Waals surface area contributed by atoms with Gasteiger partial charge in [-0.3, -0.25) is 9.48 Å². The Kier molecular flexibility index (Phi) is 5.65. The third-order valence-corrected chi connectivity index (χ3v) is 2.18. The van der Waals surface area contributed by atoms with Crippen LogP contribution in [-0.2, 0) is 16.1 Å². The van der Waals surface area contributed by atoms with Crippen molar-refractivity contribution >= 4 is 5.91 Å². The van der Waals surface area contributed by atoms with E-state index in [2.05, 4.69) is 24.3 Å². The maximum absolute atomic E-state index is 10.4. The number of nitrogens with two attached hydrogens (primary N) is 1. The molecule has 0 aliphatic rings. The molecule has 17 heavy (non-hydrogen) atoms. The molecule has 0 aliphatic carbocycles. The molecule has 0 spiro atoms. The molecule has 96 valence electrons. The number of primary amides is 1. The fourth-order valence-corrected chi connectivity index (χ4v) is 1.30. The zero-order valence-corrected chi connectivity index (χ0v) is 10.3. The minimum absolute atomic E-state index is 0.0209. The third kappa shape index (κ3) is 5.46. The molecule has 0 saturated carbocycles. The molecule has 1 amide bonds. The van der Waals surface area contributed by atoms with E-state index in [1.807, 2.05) is 17.1 Å². The smallest absolute Gasteiger partial charge is 0.243 e. The predicted octanol–water partition coefficient (Wildman–Crippen LogP) is 0.0555. The number of nitrogens with one attached hydrogen (secondary N) is 1. The summed E-state index contributed by atoms with van der Waals surface area (Å²) in [7, 11) is 0. The number of aromatic nitrogens is 2. The van der Waals surface area contributed by atoms with E-state index in [1.54, 1.807) is 0 Å². The van der Waals surface area contributed by atoms with Crippen molar-refractivity contribution in [3.05, 3.63) is 18.0 Å². The van der Waals surface area contributed by atoms with Gasteiger partial charge in [-0.05, 0) is 13.8 Å². The monoisotopic (exact) mass is 240 g/mol. The number of amides is 1. The van der Waals surface area contributed by atoms with E-state index < -0.39 is 5.91 Å². The summed E-state index contributed by atoms with van der Waals surface area (Å²) in [6.45, 7) is 6.05. The first-order valence-electron chi connectivity index (χ1n) is 5.69. The second kappa shape index (κ2) is 7.03. The van der Waals surface area contributed by atoms with E-state index in [9.17, 15) is 4.79 Å². The van der Waals surface area contributed by atoms with Crippen molar-refractivity contribution in [1.29, 1.82) is 0 Å². The molecular formula is C11H20N4O2. The standard InChI is InChI=1S/C11H20N4O2/c1-9(2)15-7-10(6-14-15)5-13-3-4-17-8-11(12)16/h6-7,9,13H,3-5,8H2,1-2H3,(H2,12,16). The quantitative estimate of drug-likeness (QED) is 0.629. The van der Waals surface area contributed by atoms with Gasteiger partial charge < -0.3 is 15.8 Å². The lowest BCUT2D eigenvalue weighted by molar-refractivity contribution is -0.122. The van der Waals surface area contributed by atoms with Gasteiger partial charge in [-0.25, -0.2) is 0 Å². The summed E-state index contributed by atoms with van der Waals surface area (Å²) in [6, 6.07) is 0.377. The highest BCUT2D eigenvalue weighted by Gasteiger charge is 2.01. The number of nitrogens with zero attached hydrogens (tertiary/aromatic N) is 2. The summed E-state index contributed by atoms with van der Waals surface area (Å²) >= 11 is 0. The lowest BCUT2D eigenvalue weighted by Crippen LogP contribution is -2.23.